The maximum Gasteiger partial charge on any atom is 0.178 e. The zero-order valence-electron chi connectivity index (χ0n) is 9.15. The standard InChI is InChI=1S/C11H15BrO3S/c1-15-10-4-6-11(7-5-10)16(13,14)9-3-2-8-12/h4-7H,2-3,8-9H2,1H3. The number of methoxy groups -OCH3 is 1. The van der Waals surface area contributed by atoms with Crippen LogP contribution in [0.15, 0.2) is 29.2 Å². The minimum atomic E-state index is -3.13. The molecule has 0 aliphatic rings. The van der Waals surface area contributed by atoms with Crippen molar-refractivity contribution in [3.63, 3.8) is 0 Å². The van der Waals surface area contributed by atoms with E-state index in [-0.39, 0.29) is 5.75 Å². The summed E-state index contributed by atoms with van der Waals surface area (Å²) in [6, 6.07) is 6.50. The van der Waals surface area contributed by atoms with E-state index in [1.807, 2.05) is 0 Å². The molecule has 5 heteroatoms. The lowest BCUT2D eigenvalue weighted by atomic mass is 10.3. The number of rotatable bonds is 6. The molecule has 0 saturated carbocycles. The first kappa shape index (κ1) is 13.5. The first-order valence-corrected chi connectivity index (χ1v) is 7.80. The van der Waals surface area contributed by atoms with Gasteiger partial charge in [0.1, 0.15) is 5.75 Å². The molecule has 0 radical (unpaired) electrons. The second-order valence-corrected chi connectivity index (χ2v) is 6.29. The average molecular weight is 307 g/mol. The number of alkyl halides is 1. The van der Waals surface area contributed by atoms with Crippen molar-refractivity contribution in [3.05, 3.63) is 24.3 Å². The monoisotopic (exact) mass is 306 g/mol. The van der Waals surface area contributed by atoms with E-state index in [1.165, 1.54) is 0 Å². The van der Waals surface area contributed by atoms with Crippen LogP contribution in [0.3, 0.4) is 0 Å². The number of unbranched alkanes of at least 4 members (excludes halogenated alkanes) is 1. The molecule has 0 amide bonds. The van der Waals surface area contributed by atoms with Crippen molar-refractivity contribution in [2.24, 2.45) is 0 Å². The van der Waals surface area contributed by atoms with Gasteiger partial charge in [-0.2, -0.15) is 0 Å². The molecular formula is C11H15BrO3S. The van der Waals surface area contributed by atoms with Gasteiger partial charge in [0.2, 0.25) is 0 Å². The van der Waals surface area contributed by atoms with Crippen molar-refractivity contribution in [2.45, 2.75) is 17.7 Å². The Hall–Kier alpha value is -0.550. The highest BCUT2D eigenvalue weighted by atomic mass is 79.9. The van der Waals surface area contributed by atoms with E-state index in [4.69, 9.17) is 4.74 Å². The van der Waals surface area contributed by atoms with Crippen molar-refractivity contribution < 1.29 is 13.2 Å². The van der Waals surface area contributed by atoms with Gasteiger partial charge in [-0.1, -0.05) is 15.9 Å². The van der Waals surface area contributed by atoms with Crippen molar-refractivity contribution >= 4 is 25.8 Å². The fraction of sp³-hybridized carbons (Fsp3) is 0.455. The highest BCUT2D eigenvalue weighted by Crippen LogP contribution is 2.17. The zero-order valence-corrected chi connectivity index (χ0v) is 11.6. The van der Waals surface area contributed by atoms with Crippen molar-refractivity contribution in [2.75, 3.05) is 18.2 Å². The molecule has 1 rings (SSSR count). The third-order valence-corrected chi connectivity index (χ3v) is 4.59. The molecule has 1 aromatic carbocycles. The molecule has 0 spiro atoms. The molecule has 90 valence electrons. The summed E-state index contributed by atoms with van der Waals surface area (Å²) in [5.74, 6) is 0.865. The van der Waals surface area contributed by atoms with E-state index < -0.39 is 9.84 Å². The molecule has 3 nitrogen and oxygen atoms in total. The van der Waals surface area contributed by atoms with Crippen LogP contribution in [-0.4, -0.2) is 26.6 Å². The van der Waals surface area contributed by atoms with Gasteiger partial charge in [0.25, 0.3) is 0 Å². The van der Waals surface area contributed by atoms with Crippen LogP contribution in [0.2, 0.25) is 0 Å². The average Bonchev–Trinajstić information content (AvgIpc) is 2.29. The van der Waals surface area contributed by atoms with Gasteiger partial charge in [-0.15, -0.1) is 0 Å². The molecule has 1 aromatic rings. The molecule has 0 atom stereocenters. The predicted octanol–water partition coefficient (Wildman–Crippen LogP) is 2.64. The molecule has 0 saturated heterocycles. The van der Waals surface area contributed by atoms with E-state index in [0.29, 0.717) is 17.1 Å². The van der Waals surface area contributed by atoms with Gasteiger partial charge in [0.15, 0.2) is 9.84 Å². The highest BCUT2D eigenvalue weighted by Gasteiger charge is 2.13. The Bertz CT molecular complexity index is 411. The van der Waals surface area contributed by atoms with Crippen LogP contribution in [0, 0.1) is 0 Å². The second-order valence-electron chi connectivity index (χ2n) is 3.39. The van der Waals surface area contributed by atoms with Crippen LogP contribution in [-0.2, 0) is 9.84 Å². The summed E-state index contributed by atoms with van der Waals surface area (Å²) in [5.41, 5.74) is 0. The van der Waals surface area contributed by atoms with Gasteiger partial charge < -0.3 is 4.74 Å². The SMILES string of the molecule is COc1ccc(S(=O)(=O)CCCCBr)cc1. The molecule has 16 heavy (non-hydrogen) atoms. The third kappa shape index (κ3) is 3.79. The lowest BCUT2D eigenvalue weighted by molar-refractivity contribution is 0.414. The van der Waals surface area contributed by atoms with Crippen LogP contribution in [0.5, 0.6) is 5.75 Å². The minimum absolute atomic E-state index is 0.199. The van der Waals surface area contributed by atoms with Crippen molar-refractivity contribution in [1.82, 2.24) is 0 Å². The van der Waals surface area contributed by atoms with E-state index in [1.54, 1.807) is 31.4 Å². The lowest BCUT2D eigenvalue weighted by Crippen LogP contribution is -2.06. The van der Waals surface area contributed by atoms with Crippen LogP contribution in [0.1, 0.15) is 12.8 Å². The summed E-state index contributed by atoms with van der Waals surface area (Å²) in [7, 11) is -1.58. The molecule has 0 bridgehead atoms. The molecule has 0 aliphatic carbocycles. The van der Waals surface area contributed by atoms with Gasteiger partial charge in [-0.3, -0.25) is 0 Å². The molecular weight excluding hydrogens is 292 g/mol. The van der Waals surface area contributed by atoms with E-state index in [0.717, 1.165) is 11.8 Å². The van der Waals surface area contributed by atoms with Crippen molar-refractivity contribution in [1.29, 1.82) is 0 Å². The molecule has 0 fully saturated rings. The fourth-order valence-electron chi connectivity index (χ4n) is 1.29. The first-order chi connectivity index (χ1) is 7.60. The van der Waals surface area contributed by atoms with Gasteiger partial charge >= 0.3 is 0 Å². The summed E-state index contributed by atoms with van der Waals surface area (Å²) in [4.78, 5) is 0.364. The number of sulfone groups is 1. The predicted molar refractivity (Wildman–Crippen MR) is 68.1 cm³/mol. The molecule has 0 heterocycles. The fourth-order valence-corrected chi connectivity index (χ4v) is 3.05. The van der Waals surface area contributed by atoms with Gasteiger partial charge in [-0.05, 0) is 37.1 Å². The number of hydrogen-bond acceptors (Lipinski definition) is 3. The van der Waals surface area contributed by atoms with Gasteiger partial charge in [-0.25, -0.2) is 8.42 Å². The van der Waals surface area contributed by atoms with E-state index in [9.17, 15) is 8.42 Å². The summed E-state index contributed by atoms with van der Waals surface area (Å²) >= 11 is 3.28. The number of ether oxygens (including phenoxy) is 1. The van der Waals surface area contributed by atoms with E-state index in [2.05, 4.69) is 15.9 Å². The van der Waals surface area contributed by atoms with Crippen LogP contribution < -0.4 is 4.74 Å². The Labute approximate surface area is 105 Å². The maximum absolute atomic E-state index is 11.9. The van der Waals surface area contributed by atoms with Gasteiger partial charge in [0, 0.05) is 5.33 Å². The number of halogens is 1. The summed E-state index contributed by atoms with van der Waals surface area (Å²) in [6.07, 6.45) is 1.55. The third-order valence-electron chi connectivity index (χ3n) is 2.22. The smallest absolute Gasteiger partial charge is 0.178 e. The lowest BCUT2D eigenvalue weighted by Gasteiger charge is -2.05. The van der Waals surface area contributed by atoms with Crippen LogP contribution in [0.25, 0.3) is 0 Å². The zero-order chi connectivity index (χ0) is 12.0. The van der Waals surface area contributed by atoms with Crippen LogP contribution >= 0.6 is 15.9 Å². The molecule has 0 unspecified atom stereocenters. The maximum atomic E-state index is 11.9. The highest BCUT2D eigenvalue weighted by molar-refractivity contribution is 9.09. The molecule has 0 N–H and O–H groups in total. The normalized spacial score (nSPS) is 11.4. The largest absolute Gasteiger partial charge is 0.497 e. The van der Waals surface area contributed by atoms with Gasteiger partial charge in [0.05, 0.1) is 17.8 Å². The minimum Gasteiger partial charge on any atom is -0.497 e. The quantitative estimate of drug-likeness (QED) is 0.599. The van der Waals surface area contributed by atoms with Crippen LogP contribution in [0.4, 0.5) is 0 Å². The Morgan fingerprint density at radius 2 is 1.81 bits per heavy atom. The Morgan fingerprint density at radius 3 is 2.31 bits per heavy atom. The first-order valence-electron chi connectivity index (χ1n) is 5.03. The topological polar surface area (TPSA) is 43.4 Å². The molecule has 0 aromatic heterocycles. The Balaban J connectivity index is 2.74. The van der Waals surface area contributed by atoms with E-state index >= 15 is 0 Å². The second kappa shape index (κ2) is 6.25. The number of benzene rings is 1. The summed E-state index contributed by atoms with van der Waals surface area (Å²) in [5, 5.41) is 0.838. The van der Waals surface area contributed by atoms with Crippen molar-refractivity contribution in [3.8, 4) is 5.75 Å². The molecule has 0 aliphatic heterocycles. The Morgan fingerprint density at radius 1 is 1.19 bits per heavy atom. The summed E-state index contributed by atoms with van der Waals surface area (Å²) < 4.78 is 28.7. The Kier molecular flexibility index (Phi) is 5.28. The number of hydrogen-bond donors (Lipinski definition) is 0. The summed E-state index contributed by atoms with van der Waals surface area (Å²) in [6.45, 7) is 0.